The molecule has 26 heavy (non-hydrogen) atoms. The summed E-state index contributed by atoms with van der Waals surface area (Å²) < 4.78 is 29.2. The van der Waals surface area contributed by atoms with Gasteiger partial charge in [-0.15, -0.1) is 0 Å². The number of carbonyl (C=O) groups is 1. The fourth-order valence-electron chi connectivity index (χ4n) is 2.97. The average molecular weight is 371 g/mol. The van der Waals surface area contributed by atoms with E-state index in [1.807, 2.05) is 26.0 Å². The number of benzene rings is 2. The van der Waals surface area contributed by atoms with Crippen molar-refractivity contribution in [2.75, 3.05) is 17.3 Å². The molecule has 1 unspecified atom stereocenters. The third-order valence-electron chi connectivity index (χ3n) is 4.15. The molecule has 0 saturated heterocycles. The van der Waals surface area contributed by atoms with Crippen molar-refractivity contribution < 1.29 is 17.9 Å². The molecule has 3 rings (SSSR count). The number of rotatable bonds is 5. The van der Waals surface area contributed by atoms with E-state index in [0.29, 0.717) is 23.6 Å². The van der Waals surface area contributed by atoms with Gasteiger partial charge >= 0.3 is 0 Å². The molecule has 1 amide bonds. The standard InChI is InChI=1S/C20H21NO4S/c1-3-25-19-9-7-17(8-10-19)21(18-11-12-26(23,24)14-18)20(22)16-6-4-5-15(2)13-16/h4-13,18H,3,14H2,1-2H3. The summed E-state index contributed by atoms with van der Waals surface area (Å²) in [4.78, 5) is 14.7. The maximum atomic E-state index is 13.2. The highest BCUT2D eigenvalue weighted by atomic mass is 32.2. The zero-order valence-electron chi connectivity index (χ0n) is 14.8. The summed E-state index contributed by atoms with van der Waals surface area (Å²) in [5.74, 6) is 0.357. The van der Waals surface area contributed by atoms with Crippen molar-refractivity contribution in [2.45, 2.75) is 19.9 Å². The number of carbonyl (C=O) groups excluding carboxylic acids is 1. The van der Waals surface area contributed by atoms with Crippen LogP contribution in [0.1, 0.15) is 22.8 Å². The first kappa shape index (κ1) is 18.2. The molecule has 0 bridgehead atoms. The van der Waals surface area contributed by atoms with Crippen LogP contribution in [0, 0.1) is 6.92 Å². The van der Waals surface area contributed by atoms with Crippen LogP contribution in [0.15, 0.2) is 60.0 Å². The van der Waals surface area contributed by atoms with Gasteiger partial charge in [0.25, 0.3) is 5.91 Å². The van der Waals surface area contributed by atoms with Gasteiger partial charge in [0.15, 0.2) is 9.84 Å². The summed E-state index contributed by atoms with van der Waals surface area (Å²) >= 11 is 0. The molecule has 0 saturated carbocycles. The molecule has 0 aromatic heterocycles. The van der Waals surface area contributed by atoms with Crippen molar-refractivity contribution in [2.24, 2.45) is 0 Å². The summed E-state index contributed by atoms with van der Waals surface area (Å²) in [6.07, 6.45) is 1.57. The molecule has 2 aromatic carbocycles. The Morgan fingerprint density at radius 3 is 2.50 bits per heavy atom. The number of nitrogens with zero attached hydrogens (tertiary/aromatic N) is 1. The molecule has 2 aromatic rings. The Morgan fingerprint density at radius 1 is 1.19 bits per heavy atom. The van der Waals surface area contributed by atoms with E-state index in [-0.39, 0.29) is 11.7 Å². The van der Waals surface area contributed by atoms with E-state index in [1.165, 1.54) is 10.3 Å². The number of hydrogen-bond acceptors (Lipinski definition) is 4. The van der Waals surface area contributed by atoms with Crippen LogP contribution >= 0.6 is 0 Å². The fraction of sp³-hybridized carbons (Fsp3) is 0.250. The van der Waals surface area contributed by atoms with Gasteiger partial charge < -0.3 is 9.64 Å². The van der Waals surface area contributed by atoms with Crippen LogP contribution in [0.4, 0.5) is 5.69 Å². The van der Waals surface area contributed by atoms with Crippen LogP contribution in [0.5, 0.6) is 5.75 Å². The molecule has 1 heterocycles. The Morgan fingerprint density at radius 2 is 1.92 bits per heavy atom. The number of sulfone groups is 1. The normalized spacial score (nSPS) is 17.8. The Labute approximate surface area is 153 Å². The van der Waals surface area contributed by atoms with Gasteiger partial charge in [-0.3, -0.25) is 4.79 Å². The third-order valence-corrected chi connectivity index (χ3v) is 5.53. The van der Waals surface area contributed by atoms with Crippen LogP contribution in [-0.4, -0.2) is 32.7 Å². The highest BCUT2D eigenvalue weighted by Gasteiger charge is 2.32. The molecular formula is C20H21NO4S. The van der Waals surface area contributed by atoms with Gasteiger partial charge in [-0.05, 0) is 56.3 Å². The number of amides is 1. The van der Waals surface area contributed by atoms with Crippen LogP contribution in [-0.2, 0) is 9.84 Å². The van der Waals surface area contributed by atoms with Gasteiger partial charge in [-0.2, -0.15) is 0 Å². The Balaban J connectivity index is 1.99. The number of ether oxygens (including phenoxy) is 1. The second-order valence-electron chi connectivity index (χ2n) is 6.20. The molecule has 1 aliphatic rings. The highest BCUT2D eigenvalue weighted by molar-refractivity contribution is 7.94. The average Bonchev–Trinajstić information content (AvgIpc) is 2.96. The SMILES string of the molecule is CCOc1ccc(N(C(=O)c2cccc(C)c2)C2C=CS(=O)(=O)C2)cc1. The predicted molar refractivity (Wildman–Crippen MR) is 102 cm³/mol. The van der Waals surface area contributed by atoms with Gasteiger partial charge in [0.1, 0.15) is 5.75 Å². The zero-order valence-corrected chi connectivity index (χ0v) is 15.6. The highest BCUT2D eigenvalue weighted by Crippen LogP contribution is 2.27. The van der Waals surface area contributed by atoms with Crippen molar-refractivity contribution in [1.29, 1.82) is 0 Å². The zero-order chi connectivity index (χ0) is 18.7. The monoisotopic (exact) mass is 371 g/mol. The molecule has 0 N–H and O–H groups in total. The first-order valence-corrected chi connectivity index (χ1v) is 10.2. The Bertz CT molecular complexity index is 933. The number of aryl methyl sites for hydroxylation is 1. The third kappa shape index (κ3) is 3.96. The van der Waals surface area contributed by atoms with E-state index in [4.69, 9.17) is 4.74 Å². The lowest BCUT2D eigenvalue weighted by molar-refractivity contribution is 0.0983. The predicted octanol–water partition coefficient (Wildman–Crippen LogP) is 3.35. The van der Waals surface area contributed by atoms with E-state index in [1.54, 1.807) is 42.5 Å². The van der Waals surface area contributed by atoms with E-state index >= 15 is 0 Å². The summed E-state index contributed by atoms with van der Waals surface area (Å²) in [5.41, 5.74) is 2.13. The molecule has 0 fully saturated rings. The van der Waals surface area contributed by atoms with Gasteiger partial charge in [-0.25, -0.2) is 8.42 Å². The molecule has 5 nitrogen and oxygen atoms in total. The first-order valence-electron chi connectivity index (χ1n) is 8.43. The molecule has 6 heteroatoms. The largest absolute Gasteiger partial charge is 0.494 e. The lowest BCUT2D eigenvalue weighted by Crippen LogP contribution is -2.41. The second-order valence-corrected chi connectivity index (χ2v) is 8.13. The lowest BCUT2D eigenvalue weighted by atomic mass is 10.1. The molecule has 0 aliphatic carbocycles. The molecule has 0 radical (unpaired) electrons. The summed E-state index contributed by atoms with van der Waals surface area (Å²) in [6.45, 7) is 4.36. The minimum Gasteiger partial charge on any atom is -0.494 e. The summed E-state index contributed by atoms with van der Waals surface area (Å²) in [6, 6.07) is 13.9. The van der Waals surface area contributed by atoms with Crippen LogP contribution in [0.25, 0.3) is 0 Å². The summed E-state index contributed by atoms with van der Waals surface area (Å²) in [5, 5.41) is 1.18. The van der Waals surface area contributed by atoms with E-state index in [0.717, 1.165) is 5.56 Å². The van der Waals surface area contributed by atoms with Crippen LogP contribution in [0.2, 0.25) is 0 Å². The van der Waals surface area contributed by atoms with E-state index < -0.39 is 15.9 Å². The Hall–Kier alpha value is -2.60. The van der Waals surface area contributed by atoms with E-state index in [9.17, 15) is 13.2 Å². The molecular weight excluding hydrogens is 350 g/mol. The molecule has 1 atom stereocenters. The fourth-order valence-corrected chi connectivity index (χ4v) is 4.23. The second kappa shape index (κ2) is 7.33. The molecule has 0 spiro atoms. The molecule has 1 aliphatic heterocycles. The summed E-state index contributed by atoms with van der Waals surface area (Å²) in [7, 11) is -3.29. The maximum Gasteiger partial charge on any atom is 0.258 e. The van der Waals surface area contributed by atoms with Crippen LogP contribution in [0.3, 0.4) is 0 Å². The minimum absolute atomic E-state index is 0.113. The number of anilines is 1. The Kier molecular flexibility index (Phi) is 5.13. The lowest BCUT2D eigenvalue weighted by Gasteiger charge is -2.28. The van der Waals surface area contributed by atoms with Gasteiger partial charge in [-0.1, -0.05) is 17.7 Å². The molecule has 136 valence electrons. The van der Waals surface area contributed by atoms with Crippen molar-refractivity contribution in [3.05, 3.63) is 71.1 Å². The van der Waals surface area contributed by atoms with Gasteiger partial charge in [0, 0.05) is 16.7 Å². The van der Waals surface area contributed by atoms with Gasteiger partial charge in [0.2, 0.25) is 0 Å². The van der Waals surface area contributed by atoms with E-state index in [2.05, 4.69) is 0 Å². The smallest absolute Gasteiger partial charge is 0.258 e. The van der Waals surface area contributed by atoms with Gasteiger partial charge in [0.05, 0.1) is 18.4 Å². The minimum atomic E-state index is -3.29. The van der Waals surface area contributed by atoms with Crippen molar-refractivity contribution in [3.8, 4) is 5.75 Å². The number of hydrogen-bond donors (Lipinski definition) is 0. The van der Waals surface area contributed by atoms with Crippen molar-refractivity contribution in [1.82, 2.24) is 0 Å². The van der Waals surface area contributed by atoms with Crippen molar-refractivity contribution >= 4 is 21.4 Å². The quantitative estimate of drug-likeness (QED) is 0.809. The first-order chi connectivity index (χ1) is 12.4. The van der Waals surface area contributed by atoms with Crippen LogP contribution < -0.4 is 9.64 Å². The topological polar surface area (TPSA) is 63.7 Å². The van der Waals surface area contributed by atoms with Crippen molar-refractivity contribution in [3.63, 3.8) is 0 Å². The maximum absolute atomic E-state index is 13.2.